The van der Waals surface area contributed by atoms with Crippen molar-refractivity contribution >= 4 is 11.8 Å². The molecular weight excluding hydrogens is 510 g/mol. The Labute approximate surface area is 215 Å². The number of primary amides is 1. The van der Waals surface area contributed by atoms with Crippen LogP contribution in [0.15, 0.2) is 18.3 Å². The SMILES string of the molecule is COc1cc(-c2cc(C(=O)N3CC[C@@H](C4(C(N)=O)CCC(O)(C(F)(F)F)CC4)CC34CC4)n[nH]2)c(F)cn1. The Morgan fingerprint density at radius 3 is 2.45 bits per heavy atom. The molecule has 3 aliphatic rings. The normalized spacial score (nSPS) is 28.8. The van der Waals surface area contributed by atoms with E-state index >= 15 is 0 Å². The van der Waals surface area contributed by atoms with Crippen molar-refractivity contribution in [1.29, 1.82) is 0 Å². The molecule has 0 unspecified atom stereocenters. The van der Waals surface area contributed by atoms with Gasteiger partial charge < -0.3 is 20.5 Å². The Morgan fingerprint density at radius 2 is 1.87 bits per heavy atom. The Morgan fingerprint density at radius 1 is 1.18 bits per heavy atom. The first kappa shape index (κ1) is 26.4. The zero-order valence-corrected chi connectivity index (χ0v) is 20.8. The number of piperidine rings is 1. The summed E-state index contributed by atoms with van der Waals surface area (Å²) in [5.74, 6) is -1.74. The lowest BCUT2D eigenvalue weighted by atomic mass is 9.58. The number of methoxy groups -OCH3 is 1. The van der Waals surface area contributed by atoms with Crippen molar-refractivity contribution in [3.63, 3.8) is 0 Å². The summed E-state index contributed by atoms with van der Waals surface area (Å²) >= 11 is 0. The van der Waals surface area contributed by atoms with Gasteiger partial charge in [0.2, 0.25) is 11.8 Å². The number of aromatic nitrogens is 3. The van der Waals surface area contributed by atoms with Gasteiger partial charge in [0, 0.05) is 23.7 Å². The molecule has 13 heteroatoms. The first-order valence-electron chi connectivity index (χ1n) is 12.5. The second-order valence-electron chi connectivity index (χ2n) is 10.8. The Bertz CT molecular complexity index is 1250. The fourth-order valence-electron chi connectivity index (χ4n) is 6.29. The zero-order valence-electron chi connectivity index (χ0n) is 20.8. The molecule has 2 aromatic heterocycles. The van der Waals surface area contributed by atoms with Crippen LogP contribution in [0.25, 0.3) is 11.3 Å². The van der Waals surface area contributed by atoms with Crippen LogP contribution in [0, 0.1) is 17.2 Å². The number of alkyl halides is 3. The van der Waals surface area contributed by atoms with Crippen LogP contribution in [0.1, 0.15) is 61.9 Å². The molecule has 3 heterocycles. The molecule has 206 valence electrons. The van der Waals surface area contributed by atoms with E-state index in [4.69, 9.17) is 10.5 Å². The van der Waals surface area contributed by atoms with E-state index in [1.807, 2.05) is 0 Å². The highest BCUT2D eigenvalue weighted by Gasteiger charge is 2.63. The number of likely N-dealkylation sites (tertiary alicyclic amines) is 1. The van der Waals surface area contributed by atoms with Gasteiger partial charge in [-0.15, -0.1) is 0 Å². The van der Waals surface area contributed by atoms with Gasteiger partial charge >= 0.3 is 6.18 Å². The molecule has 5 rings (SSSR count). The van der Waals surface area contributed by atoms with Crippen LogP contribution in [0.2, 0.25) is 0 Å². The molecule has 0 aromatic carbocycles. The summed E-state index contributed by atoms with van der Waals surface area (Å²) in [5, 5.41) is 16.9. The Hall–Kier alpha value is -3.22. The van der Waals surface area contributed by atoms with Crippen LogP contribution < -0.4 is 10.5 Å². The molecule has 2 saturated carbocycles. The van der Waals surface area contributed by atoms with Crippen LogP contribution in [0.3, 0.4) is 0 Å². The van der Waals surface area contributed by atoms with Gasteiger partial charge in [0.25, 0.3) is 5.91 Å². The molecule has 1 spiro atoms. The lowest BCUT2D eigenvalue weighted by molar-refractivity contribution is -0.276. The molecule has 38 heavy (non-hydrogen) atoms. The third-order valence-electron chi connectivity index (χ3n) is 8.87. The molecular formula is C25H29F4N5O4. The van der Waals surface area contributed by atoms with Crippen LogP contribution in [-0.2, 0) is 4.79 Å². The van der Waals surface area contributed by atoms with Gasteiger partial charge in [-0.1, -0.05) is 0 Å². The molecule has 3 fully saturated rings. The lowest BCUT2D eigenvalue weighted by Crippen LogP contribution is -2.58. The minimum Gasteiger partial charge on any atom is -0.481 e. The summed E-state index contributed by atoms with van der Waals surface area (Å²) in [6, 6.07) is 2.84. The van der Waals surface area contributed by atoms with Crippen molar-refractivity contribution in [2.75, 3.05) is 13.7 Å². The van der Waals surface area contributed by atoms with Gasteiger partial charge in [-0.05, 0) is 63.4 Å². The maximum atomic E-state index is 14.3. The topological polar surface area (TPSA) is 134 Å². The number of pyridine rings is 1. The van der Waals surface area contributed by atoms with Crippen LogP contribution >= 0.6 is 0 Å². The van der Waals surface area contributed by atoms with Crippen LogP contribution in [-0.4, -0.2) is 68.0 Å². The van der Waals surface area contributed by atoms with Gasteiger partial charge in [0.05, 0.1) is 24.4 Å². The molecule has 0 radical (unpaired) electrons. The number of ether oxygens (including phenoxy) is 1. The van der Waals surface area contributed by atoms with Crippen LogP contribution in [0.5, 0.6) is 5.88 Å². The van der Waals surface area contributed by atoms with E-state index in [0.717, 1.165) is 6.20 Å². The Balaban J connectivity index is 1.33. The second-order valence-corrected chi connectivity index (χ2v) is 10.8. The van der Waals surface area contributed by atoms with Crippen molar-refractivity contribution in [1.82, 2.24) is 20.1 Å². The fraction of sp³-hybridized carbons (Fsp3) is 0.600. The maximum absolute atomic E-state index is 14.3. The fourth-order valence-corrected chi connectivity index (χ4v) is 6.29. The average Bonchev–Trinajstić information content (AvgIpc) is 3.45. The van der Waals surface area contributed by atoms with E-state index in [0.29, 0.717) is 25.7 Å². The second kappa shape index (κ2) is 8.92. The number of hydrogen-bond acceptors (Lipinski definition) is 6. The smallest absolute Gasteiger partial charge is 0.417 e. The molecule has 4 N–H and O–H groups in total. The van der Waals surface area contributed by atoms with Crippen LogP contribution in [0.4, 0.5) is 17.6 Å². The number of carbonyl (C=O) groups is 2. The summed E-state index contributed by atoms with van der Waals surface area (Å²) in [4.78, 5) is 31.6. The molecule has 1 aliphatic heterocycles. The van der Waals surface area contributed by atoms with Gasteiger partial charge in [-0.2, -0.15) is 18.3 Å². The number of halogens is 4. The predicted octanol–water partition coefficient (Wildman–Crippen LogP) is 3.34. The molecule has 2 amide bonds. The minimum atomic E-state index is -4.78. The van der Waals surface area contributed by atoms with E-state index in [-0.39, 0.29) is 54.0 Å². The van der Waals surface area contributed by atoms with E-state index in [2.05, 4.69) is 15.2 Å². The van der Waals surface area contributed by atoms with Crippen molar-refractivity contribution < 1.29 is 37.0 Å². The number of nitrogens with one attached hydrogen (secondary N) is 1. The number of hydrogen-bond donors (Lipinski definition) is 3. The summed E-state index contributed by atoms with van der Waals surface area (Å²) in [6.45, 7) is 0.279. The zero-order chi connectivity index (χ0) is 27.5. The highest BCUT2D eigenvalue weighted by Crippen LogP contribution is 2.58. The Kier molecular flexibility index (Phi) is 6.20. The van der Waals surface area contributed by atoms with Gasteiger partial charge in [-0.3, -0.25) is 14.7 Å². The summed E-state index contributed by atoms with van der Waals surface area (Å²) in [5.41, 5.74) is 1.76. The number of carbonyl (C=O) groups excluding carboxylic acids is 2. The molecule has 2 aliphatic carbocycles. The first-order valence-corrected chi connectivity index (χ1v) is 12.5. The maximum Gasteiger partial charge on any atom is 0.417 e. The summed E-state index contributed by atoms with van der Waals surface area (Å²) in [6.07, 6.45) is -3.07. The molecule has 1 saturated heterocycles. The van der Waals surface area contributed by atoms with E-state index in [9.17, 15) is 32.3 Å². The number of nitrogens with zero attached hydrogens (tertiary/aromatic N) is 3. The van der Waals surface area contributed by atoms with E-state index < -0.39 is 47.3 Å². The number of nitrogens with two attached hydrogens (primary N) is 1. The number of amides is 2. The van der Waals surface area contributed by atoms with Gasteiger partial charge in [-0.25, -0.2) is 9.37 Å². The minimum absolute atomic E-state index is 0.0948. The standard InChI is InChI=1S/C25H29F4N5O4/c1-38-19-10-15(16(26)13-31-19)17-11-18(33-32-17)20(35)34-9-2-14(12-22(34)3-4-22)23(21(30)36)5-7-24(37,8-6-23)25(27,28)29/h10-11,13-14,37H,2-9,12H2,1H3,(H2,30,36)(H,32,33)/t14-,23?,24?/m1/s1. The molecule has 2 aromatic rings. The lowest BCUT2D eigenvalue weighted by Gasteiger charge is -2.51. The number of H-pyrrole nitrogens is 1. The largest absolute Gasteiger partial charge is 0.481 e. The monoisotopic (exact) mass is 539 g/mol. The van der Waals surface area contributed by atoms with E-state index in [1.54, 1.807) is 4.90 Å². The van der Waals surface area contributed by atoms with Crippen molar-refractivity contribution in [3.8, 4) is 17.1 Å². The van der Waals surface area contributed by atoms with E-state index in [1.165, 1.54) is 19.2 Å². The average molecular weight is 540 g/mol. The molecule has 9 nitrogen and oxygen atoms in total. The highest BCUT2D eigenvalue weighted by molar-refractivity contribution is 5.94. The number of aliphatic hydroxyl groups is 1. The quantitative estimate of drug-likeness (QED) is 0.499. The third kappa shape index (κ3) is 4.20. The van der Waals surface area contributed by atoms with Gasteiger partial charge in [0.1, 0.15) is 0 Å². The first-order chi connectivity index (χ1) is 17.8. The van der Waals surface area contributed by atoms with Gasteiger partial charge in [0.15, 0.2) is 17.1 Å². The predicted molar refractivity (Wildman–Crippen MR) is 125 cm³/mol. The van der Waals surface area contributed by atoms with Crippen molar-refractivity contribution in [2.45, 2.75) is 68.7 Å². The summed E-state index contributed by atoms with van der Waals surface area (Å²) < 4.78 is 59.5. The third-order valence-corrected chi connectivity index (χ3v) is 8.87. The summed E-state index contributed by atoms with van der Waals surface area (Å²) in [7, 11) is 1.40. The van der Waals surface area contributed by atoms with Crippen molar-refractivity contribution in [2.24, 2.45) is 17.1 Å². The molecule has 0 bridgehead atoms. The number of aromatic amines is 1. The van der Waals surface area contributed by atoms with Crippen molar-refractivity contribution in [3.05, 3.63) is 29.8 Å². The molecule has 1 atom stereocenters. The highest BCUT2D eigenvalue weighted by atomic mass is 19.4. The number of rotatable bonds is 5.